The lowest BCUT2D eigenvalue weighted by Gasteiger charge is -2.26. The van der Waals surface area contributed by atoms with E-state index in [9.17, 15) is 9.59 Å². The van der Waals surface area contributed by atoms with Crippen LogP contribution in [0, 0.1) is 5.92 Å². The molecule has 5 heteroatoms. The molecule has 0 aromatic carbocycles. The van der Waals surface area contributed by atoms with E-state index in [-0.39, 0.29) is 18.4 Å². The van der Waals surface area contributed by atoms with Gasteiger partial charge in [0.15, 0.2) is 0 Å². The van der Waals surface area contributed by atoms with Crippen LogP contribution in [0.2, 0.25) is 0 Å². The Morgan fingerprint density at radius 1 is 1.28 bits per heavy atom. The van der Waals surface area contributed by atoms with E-state index >= 15 is 0 Å². The Hall–Kier alpha value is -1.10. The zero-order valence-corrected chi connectivity index (χ0v) is 11.3. The SMILES string of the molecule is CC(CN)CCC(=O)NCC(=O)N1CCCCC1. The highest BCUT2D eigenvalue weighted by molar-refractivity contribution is 5.84. The molecule has 0 radical (unpaired) electrons. The minimum absolute atomic E-state index is 0.0370. The predicted molar refractivity (Wildman–Crippen MR) is 70.9 cm³/mol. The topological polar surface area (TPSA) is 75.4 Å². The van der Waals surface area contributed by atoms with Gasteiger partial charge < -0.3 is 16.0 Å². The molecule has 1 saturated heterocycles. The number of likely N-dealkylation sites (tertiary alicyclic amines) is 1. The Morgan fingerprint density at radius 2 is 1.94 bits per heavy atom. The van der Waals surface area contributed by atoms with Gasteiger partial charge in [0.1, 0.15) is 0 Å². The molecule has 0 saturated carbocycles. The van der Waals surface area contributed by atoms with Crippen molar-refractivity contribution in [2.75, 3.05) is 26.2 Å². The summed E-state index contributed by atoms with van der Waals surface area (Å²) in [4.78, 5) is 25.2. The van der Waals surface area contributed by atoms with E-state index in [1.54, 1.807) is 0 Å². The average molecular weight is 255 g/mol. The summed E-state index contributed by atoms with van der Waals surface area (Å²) < 4.78 is 0. The van der Waals surface area contributed by atoms with Gasteiger partial charge in [-0.2, -0.15) is 0 Å². The van der Waals surface area contributed by atoms with Crippen LogP contribution in [0.25, 0.3) is 0 Å². The minimum Gasteiger partial charge on any atom is -0.347 e. The summed E-state index contributed by atoms with van der Waals surface area (Å²) in [7, 11) is 0. The van der Waals surface area contributed by atoms with Crippen molar-refractivity contribution in [1.82, 2.24) is 10.2 Å². The summed E-state index contributed by atoms with van der Waals surface area (Å²) in [5, 5.41) is 2.69. The number of hydrogen-bond donors (Lipinski definition) is 2. The van der Waals surface area contributed by atoms with E-state index in [0.717, 1.165) is 32.4 Å². The molecular weight excluding hydrogens is 230 g/mol. The Morgan fingerprint density at radius 3 is 2.56 bits per heavy atom. The Balaban J connectivity index is 2.15. The van der Waals surface area contributed by atoms with Crippen LogP contribution in [0.4, 0.5) is 0 Å². The van der Waals surface area contributed by atoms with E-state index < -0.39 is 0 Å². The number of amides is 2. The Kier molecular flexibility index (Phi) is 6.72. The molecule has 0 spiro atoms. The average Bonchev–Trinajstić information content (AvgIpc) is 2.42. The van der Waals surface area contributed by atoms with Crippen LogP contribution in [0.3, 0.4) is 0 Å². The molecule has 1 aliphatic rings. The van der Waals surface area contributed by atoms with Gasteiger partial charge in [-0.15, -0.1) is 0 Å². The summed E-state index contributed by atoms with van der Waals surface area (Å²) in [6.07, 6.45) is 4.58. The van der Waals surface area contributed by atoms with E-state index in [2.05, 4.69) is 5.32 Å². The van der Waals surface area contributed by atoms with Gasteiger partial charge in [-0.1, -0.05) is 6.92 Å². The van der Waals surface area contributed by atoms with Gasteiger partial charge in [0.2, 0.25) is 11.8 Å². The number of piperidine rings is 1. The monoisotopic (exact) mass is 255 g/mol. The predicted octanol–water partition coefficient (Wildman–Crippen LogP) is 0.490. The molecule has 1 aliphatic heterocycles. The molecular formula is C13H25N3O2. The summed E-state index contributed by atoms with van der Waals surface area (Å²) in [6.45, 7) is 4.42. The highest BCUT2D eigenvalue weighted by atomic mass is 16.2. The smallest absolute Gasteiger partial charge is 0.241 e. The third kappa shape index (κ3) is 5.49. The second kappa shape index (κ2) is 8.08. The molecule has 18 heavy (non-hydrogen) atoms. The maximum atomic E-state index is 11.8. The van der Waals surface area contributed by atoms with Gasteiger partial charge in [-0.3, -0.25) is 9.59 Å². The molecule has 5 nitrogen and oxygen atoms in total. The molecule has 0 aliphatic carbocycles. The van der Waals surface area contributed by atoms with Crippen LogP contribution in [0.15, 0.2) is 0 Å². The van der Waals surface area contributed by atoms with E-state index in [1.165, 1.54) is 6.42 Å². The number of carbonyl (C=O) groups is 2. The van der Waals surface area contributed by atoms with Gasteiger partial charge in [0.25, 0.3) is 0 Å². The van der Waals surface area contributed by atoms with Crippen molar-refractivity contribution in [3.63, 3.8) is 0 Å². The fraction of sp³-hybridized carbons (Fsp3) is 0.846. The van der Waals surface area contributed by atoms with Crippen LogP contribution in [-0.2, 0) is 9.59 Å². The lowest BCUT2D eigenvalue weighted by atomic mass is 10.1. The molecule has 104 valence electrons. The van der Waals surface area contributed by atoms with Crippen molar-refractivity contribution < 1.29 is 9.59 Å². The summed E-state index contributed by atoms with van der Waals surface area (Å²) >= 11 is 0. The highest BCUT2D eigenvalue weighted by Gasteiger charge is 2.16. The van der Waals surface area contributed by atoms with E-state index in [1.807, 2.05) is 11.8 Å². The van der Waals surface area contributed by atoms with Crippen LogP contribution in [-0.4, -0.2) is 42.9 Å². The molecule has 1 unspecified atom stereocenters. The maximum absolute atomic E-state index is 11.8. The van der Waals surface area contributed by atoms with Crippen molar-refractivity contribution in [2.45, 2.75) is 39.0 Å². The first-order valence-corrected chi connectivity index (χ1v) is 6.88. The zero-order chi connectivity index (χ0) is 13.4. The third-order valence-electron chi connectivity index (χ3n) is 3.41. The largest absolute Gasteiger partial charge is 0.347 e. The second-order valence-corrected chi connectivity index (χ2v) is 5.10. The van der Waals surface area contributed by atoms with Crippen LogP contribution in [0.1, 0.15) is 39.0 Å². The first-order chi connectivity index (χ1) is 8.63. The lowest BCUT2D eigenvalue weighted by molar-refractivity contribution is -0.133. The van der Waals surface area contributed by atoms with Crippen molar-refractivity contribution >= 4 is 11.8 Å². The molecule has 0 aromatic rings. The number of carbonyl (C=O) groups excluding carboxylic acids is 2. The van der Waals surface area contributed by atoms with E-state index in [4.69, 9.17) is 5.73 Å². The molecule has 1 rings (SSSR count). The van der Waals surface area contributed by atoms with Crippen molar-refractivity contribution in [1.29, 1.82) is 0 Å². The van der Waals surface area contributed by atoms with Gasteiger partial charge in [-0.05, 0) is 38.1 Å². The molecule has 1 heterocycles. The van der Waals surface area contributed by atoms with Crippen LogP contribution >= 0.6 is 0 Å². The molecule has 1 atom stereocenters. The van der Waals surface area contributed by atoms with E-state index in [0.29, 0.717) is 18.9 Å². The molecule has 0 bridgehead atoms. The minimum atomic E-state index is -0.0549. The standard InChI is InChI=1S/C13H25N3O2/c1-11(9-14)5-6-12(17)15-10-13(18)16-7-3-2-4-8-16/h11H,2-10,14H2,1H3,(H,15,17). The summed E-state index contributed by atoms with van der Waals surface area (Å²) in [6, 6.07) is 0. The number of hydrogen-bond acceptors (Lipinski definition) is 3. The Labute approximate surface area is 109 Å². The normalized spacial score (nSPS) is 17.3. The summed E-state index contributed by atoms with van der Waals surface area (Å²) in [5.74, 6) is 0.337. The maximum Gasteiger partial charge on any atom is 0.241 e. The first kappa shape index (κ1) is 15.0. The van der Waals surface area contributed by atoms with Gasteiger partial charge in [0.05, 0.1) is 6.54 Å². The Bertz CT molecular complexity index is 275. The third-order valence-corrected chi connectivity index (χ3v) is 3.41. The van der Waals surface area contributed by atoms with Crippen LogP contribution < -0.4 is 11.1 Å². The molecule has 2 amide bonds. The lowest BCUT2D eigenvalue weighted by Crippen LogP contribution is -2.42. The molecule has 1 fully saturated rings. The number of rotatable bonds is 6. The number of nitrogens with one attached hydrogen (secondary N) is 1. The fourth-order valence-electron chi connectivity index (χ4n) is 2.01. The van der Waals surface area contributed by atoms with Gasteiger partial charge in [-0.25, -0.2) is 0 Å². The van der Waals surface area contributed by atoms with Crippen molar-refractivity contribution in [3.05, 3.63) is 0 Å². The number of nitrogens with two attached hydrogens (primary N) is 1. The van der Waals surface area contributed by atoms with Crippen molar-refractivity contribution in [2.24, 2.45) is 11.7 Å². The van der Waals surface area contributed by atoms with Gasteiger partial charge >= 0.3 is 0 Å². The van der Waals surface area contributed by atoms with Gasteiger partial charge in [0, 0.05) is 19.5 Å². The number of nitrogens with zero attached hydrogens (tertiary/aromatic N) is 1. The summed E-state index contributed by atoms with van der Waals surface area (Å²) in [5.41, 5.74) is 5.49. The van der Waals surface area contributed by atoms with Crippen molar-refractivity contribution in [3.8, 4) is 0 Å². The quantitative estimate of drug-likeness (QED) is 0.725. The molecule has 3 N–H and O–H groups in total. The highest BCUT2D eigenvalue weighted by Crippen LogP contribution is 2.08. The fourth-order valence-corrected chi connectivity index (χ4v) is 2.01. The first-order valence-electron chi connectivity index (χ1n) is 6.88. The molecule has 0 aromatic heterocycles. The zero-order valence-electron chi connectivity index (χ0n) is 11.3. The second-order valence-electron chi connectivity index (χ2n) is 5.10. The van der Waals surface area contributed by atoms with Crippen LogP contribution in [0.5, 0.6) is 0 Å².